The third-order valence-electron chi connectivity index (χ3n) is 3.30. The number of carbonyl (C=O) groups excluding carboxylic acids is 2. The van der Waals surface area contributed by atoms with E-state index in [4.69, 9.17) is 16.3 Å². The van der Waals surface area contributed by atoms with Crippen LogP contribution in [0.15, 0.2) is 41.9 Å². The zero-order valence-corrected chi connectivity index (χ0v) is 14.3. The Labute approximate surface area is 147 Å². The Morgan fingerprint density at radius 2 is 2.04 bits per heavy atom. The van der Waals surface area contributed by atoms with Crippen LogP contribution in [0.2, 0.25) is 5.02 Å². The molecule has 3 rings (SSSR count). The topological polar surface area (TPSA) is 72.0 Å². The van der Waals surface area contributed by atoms with Crippen LogP contribution in [0, 0.1) is 0 Å². The number of benzene rings is 1. The van der Waals surface area contributed by atoms with Crippen molar-refractivity contribution in [2.24, 2.45) is 0 Å². The number of ether oxygens (including phenoxy) is 1. The van der Waals surface area contributed by atoms with Crippen molar-refractivity contribution < 1.29 is 14.3 Å². The fraction of sp³-hybridized carbons (Fsp3) is 0.118. The van der Waals surface area contributed by atoms with E-state index in [-0.39, 0.29) is 18.1 Å². The summed E-state index contributed by atoms with van der Waals surface area (Å²) in [7, 11) is 0. The highest BCUT2D eigenvalue weighted by atomic mass is 35.5. The Balaban J connectivity index is 1.63. The largest absolute Gasteiger partial charge is 0.454 e. The average molecular weight is 361 g/mol. The van der Waals surface area contributed by atoms with E-state index in [9.17, 15) is 9.59 Å². The molecule has 5 nitrogen and oxygen atoms in total. The molecule has 0 aliphatic carbocycles. The number of rotatable bonds is 5. The third-order valence-corrected chi connectivity index (χ3v) is 4.50. The fourth-order valence-corrected chi connectivity index (χ4v) is 2.97. The molecule has 0 aliphatic rings. The predicted octanol–water partition coefficient (Wildman–Crippen LogP) is 4.35. The van der Waals surface area contributed by atoms with Gasteiger partial charge < -0.3 is 9.72 Å². The highest BCUT2D eigenvalue weighted by Gasteiger charge is 2.13. The van der Waals surface area contributed by atoms with E-state index in [0.717, 1.165) is 10.6 Å². The minimum absolute atomic E-state index is 0.0668. The molecule has 0 fully saturated rings. The number of nitrogens with one attached hydrogen (secondary N) is 1. The van der Waals surface area contributed by atoms with Crippen molar-refractivity contribution in [2.45, 2.75) is 13.5 Å². The molecule has 0 atom stereocenters. The molecule has 3 aromatic rings. The second-order valence-corrected chi connectivity index (χ2v) is 6.38. The minimum Gasteiger partial charge on any atom is -0.454 e. The maximum Gasteiger partial charge on any atom is 0.355 e. The summed E-state index contributed by atoms with van der Waals surface area (Å²) in [5, 5.41) is 3.34. The van der Waals surface area contributed by atoms with Crippen LogP contribution in [0.5, 0.6) is 0 Å². The molecule has 0 spiro atoms. The summed E-state index contributed by atoms with van der Waals surface area (Å²) in [6, 6.07) is 8.86. The van der Waals surface area contributed by atoms with Gasteiger partial charge in [-0.05, 0) is 25.1 Å². The normalized spacial score (nSPS) is 10.6. The highest BCUT2D eigenvalue weighted by molar-refractivity contribution is 7.13. The summed E-state index contributed by atoms with van der Waals surface area (Å²) in [6.07, 6.45) is 1.49. The van der Waals surface area contributed by atoms with Crippen LogP contribution in [-0.2, 0) is 11.3 Å². The van der Waals surface area contributed by atoms with E-state index in [2.05, 4.69) is 9.97 Å². The molecule has 122 valence electrons. The van der Waals surface area contributed by atoms with E-state index < -0.39 is 5.97 Å². The van der Waals surface area contributed by atoms with Gasteiger partial charge in [-0.1, -0.05) is 23.7 Å². The molecule has 0 bridgehead atoms. The number of halogens is 1. The lowest BCUT2D eigenvalue weighted by atomic mass is 10.2. The van der Waals surface area contributed by atoms with Gasteiger partial charge in [-0.2, -0.15) is 0 Å². The SMILES string of the molecule is CC(=O)c1c[nH]c(C(=O)OCc2csc(-c3ccc(Cl)cc3)n2)c1. The van der Waals surface area contributed by atoms with Crippen molar-refractivity contribution in [3.8, 4) is 10.6 Å². The molecule has 2 heterocycles. The first-order chi connectivity index (χ1) is 11.5. The maximum absolute atomic E-state index is 12.0. The molecule has 0 unspecified atom stereocenters. The molecule has 1 N–H and O–H groups in total. The Morgan fingerprint density at radius 3 is 2.71 bits per heavy atom. The molecule has 24 heavy (non-hydrogen) atoms. The first-order valence-corrected chi connectivity index (χ1v) is 8.35. The molecular weight excluding hydrogens is 348 g/mol. The quantitative estimate of drug-likeness (QED) is 0.542. The van der Waals surface area contributed by atoms with Gasteiger partial charge in [0.05, 0.1) is 5.69 Å². The maximum atomic E-state index is 12.0. The predicted molar refractivity (Wildman–Crippen MR) is 92.5 cm³/mol. The molecule has 0 saturated carbocycles. The van der Waals surface area contributed by atoms with Crippen LogP contribution >= 0.6 is 22.9 Å². The van der Waals surface area contributed by atoms with E-state index >= 15 is 0 Å². The average Bonchev–Trinajstić information content (AvgIpc) is 3.23. The number of ketones is 1. The molecule has 1 aromatic carbocycles. The van der Waals surface area contributed by atoms with Crippen LogP contribution < -0.4 is 0 Å². The van der Waals surface area contributed by atoms with Gasteiger partial charge in [0, 0.05) is 27.7 Å². The monoisotopic (exact) mass is 360 g/mol. The number of carbonyl (C=O) groups is 2. The van der Waals surface area contributed by atoms with Crippen LogP contribution in [-0.4, -0.2) is 21.7 Å². The molecule has 2 aromatic heterocycles. The first-order valence-electron chi connectivity index (χ1n) is 7.10. The second kappa shape index (κ2) is 6.98. The molecule has 0 saturated heterocycles. The third kappa shape index (κ3) is 3.72. The van der Waals surface area contributed by atoms with Crippen molar-refractivity contribution in [1.82, 2.24) is 9.97 Å². The number of hydrogen-bond donors (Lipinski definition) is 1. The van der Waals surface area contributed by atoms with Crippen molar-refractivity contribution in [3.63, 3.8) is 0 Å². The van der Waals surface area contributed by atoms with Gasteiger partial charge >= 0.3 is 5.97 Å². The second-order valence-electron chi connectivity index (χ2n) is 5.09. The van der Waals surface area contributed by atoms with Crippen LogP contribution in [0.25, 0.3) is 10.6 Å². The van der Waals surface area contributed by atoms with Gasteiger partial charge in [0.1, 0.15) is 17.3 Å². The summed E-state index contributed by atoms with van der Waals surface area (Å²) in [4.78, 5) is 30.4. The Hall–Kier alpha value is -2.44. The number of hydrogen-bond acceptors (Lipinski definition) is 5. The van der Waals surface area contributed by atoms with E-state index in [1.165, 1.54) is 30.5 Å². The van der Waals surface area contributed by atoms with Crippen molar-refractivity contribution in [2.75, 3.05) is 0 Å². The number of aromatic nitrogens is 2. The Kier molecular flexibility index (Phi) is 4.78. The van der Waals surface area contributed by atoms with Crippen molar-refractivity contribution >= 4 is 34.7 Å². The highest BCUT2D eigenvalue weighted by Crippen LogP contribution is 2.25. The van der Waals surface area contributed by atoms with Crippen LogP contribution in [0.1, 0.15) is 33.5 Å². The van der Waals surface area contributed by atoms with E-state index in [1.807, 2.05) is 17.5 Å². The summed E-state index contributed by atoms with van der Waals surface area (Å²) in [5.74, 6) is -0.638. The number of Topliss-reactive ketones (excluding diaryl/α,β-unsaturated/α-hetero) is 1. The van der Waals surface area contributed by atoms with Crippen LogP contribution in [0.3, 0.4) is 0 Å². The van der Waals surface area contributed by atoms with Gasteiger partial charge in [0.25, 0.3) is 0 Å². The minimum atomic E-state index is -0.524. The summed E-state index contributed by atoms with van der Waals surface area (Å²) >= 11 is 7.34. The standard InChI is InChI=1S/C17H13ClN2O3S/c1-10(21)12-6-15(19-7-12)17(22)23-8-14-9-24-16(20-14)11-2-4-13(18)5-3-11/h2-7,9,19H,8H2,1H3. The summed E-state index contributed by atoms with van der Waals surface area (Å²) < 4.78 is 5.22. The molecule has 0 aliphatic heterocycles. The van der Waals surface area contributed by atoms with Gasteiger partial charge in [-0.15, -0.1) is 11.3 Å². The smallest absolute Gasteiger partial charge is 0.355 e. The molecule has 0 radical (unpaired) electrons. The van der Waals surface area contributed by atoms with Gasteiger partial charge in [-0.3, -0.25) is 4.79 Å². The van der Waals surface area contributed by atoms with Crippen LogP contribution in [0.4, 0.5) is 0 Å². The Bertz CT molecular complexity index is 883. The van der Waals surface area contributed by atoms with Crippen molar-refractivity contribution in [1.29, 1.82) is 0 Å². The molecular formula is C17H13ClN2O3S. The zero-order valence-electron chi connectivity index (χ0n) is 12.7. The van der Waals surface area contributed by atoms with E-state index in [1.54, 1.807) is 12.1 Å². The lowest BCUT2D eigenvalue weighted by Crippen LogP contribution is -2.05. The lowest BCUT2D eigenvalue weighted by Gasteiger charge is -2.00. The van der Waals surface area contributed by atoms with Gasteiger partial charge in [-0.25, -0.2) is 9.78 Å². The Morgan fingerprint density at radius 1 is 1.29 bits per heavy atom. The molecule has 0 amide bonds. The number of thiazole rings is 1. The van der Waals surface area contributed by atoms with Crippen molar-refractivity contribution in [3.05, 3.63) is 63.9 Å². The lowest BCUT2D eigenvalue weighted by molar-refractivity contribution is 0.0462. The van der Waals surface area contributed by atoms with Gasteiger partial charge in [0.15, 0.2) is 5.78 Å². The number of H-pyrrole nitrogens is 1. The van der Waals surface area contributed by atoms with E-state index in [0.29, 0.717) is 16.3 Å². The molecule has 7 heteroatoms. The number of aromatic amines is 1. The first kappa shape index (κ1) is 16.4. The van der Waals surface area contributed by atoms with Gasteiger partial charge in [0.2, 0.25) is 0 Å². The fourth-order valence-electron chi connectivity index (χ4n) is 2.03. The summed E-state index contributed by atoms with van der Waals surface area (Å²) in [6.45, 7) is 1.50. The number of nitrogens with zero attached hydrogens (tertiary/aromatic N) is 1. The summed E-state index contributed by atoms with van der Waals surface area (Å²) in [5.41, 5.74) is 2.31. The number of esters is 1. The zero-order chi connectivity index (χ0) is 17.1.